The molecule has 0 radical (unpaired) electrons. The second kappa shape index (κ2) is 10.2. The molecule has 2 amide bonds. The maximum absolute atomic E-state index is 13.5. The number of hydrogen-bond donors (Lipinski definition) is 2. The number of primary amides is 1. The first kappa shape index (κ1) is 22.4. The molecule has 1 saturated heterocycles. The molecule has 7 nitrogen and oxygen atoms in total. The number of para-hydroxylation sites is 2. The van der Waals surface area contributed by atoms with E-state index in [0.29, 0.717) is 35.6 Å². The van der Waals surface area contributed by atoms with E-state index >= 15 is 0 Å². The van der Waals surface area contributed by atoms with Gasteiger partial charge >= 0.3 is 0 Å². The number of nitrogen functional groups attached to an aromatic ring is 1. The second-order valence-electron chi connectivity index (χ2n) is 8.13. The van der Waals surface area contributed by atoms with Crippen molar-refractivity contribution in [2.45, 2.75) is 0 Å². The van der Waals surface area contributed by atoms with Crippen molar-refractivity contribution in [1.29, 1.82) is 0 Å². The van der Waals surface area contributed by atoms with Gasteiger partial charge in [0.15, 0.2) is 0 Å². The maximum Gasteiger partial charge on any atom is 0.258 e. The minimum Gasteiger partial charge on any atom is -0.399 e. The van der Waals surface area contributed by atoms with Gasteiger partial charge < -0.3 is 21.3 Å². The quantitative estimate of drug-likeness (QED) is 0.548. The summed E-state index contributed by atoms with van der Waals surface area (Å²) in [5, 5.41) is 0. The normalized spacial score (nSPS) is 14.1. The third-order valence-electron chi connectivity index (χ3n) is 5.97. The van der Waals surface area contributed by atoms with Crippen LogP contribution in [-0.2, 0) is 0 Å². The number of nitrogens with two attached hydrogens (primary N) is 2. The van der Waals surface area contributed by atoms with Crippen LogP contribution >= 0.6 is 0 Å². The molecule has 3 aromatic rings. The Kier molecular flexibility index (Phi) is 6.90. The Balaban J connectivity index is 1.50. The van der Waals surface area contributed by atoms with Gasteiger partial charge in [-0.05, 0) is 42.5 Å². The van der Waals surface area contributed by atoms with Crippen molar-refractivity contribution in [2.24, 2.45) is 5.73 Å². The Morgan fingerprint density at radius 2 is 1.55 bits per heavy atom. The topological polar surface area (TPSA) is 95.9 Å². The summed E-state index contributed by atoms with van der Waals surface area (Å²) in [5.41, 5.74) is 14.6. The number of nitrogens with zero attached hydrogens (tertiary/aromatic N) is 3. The molecule has 170 valence electrons. The highest BCUT2D eigenvalue weighted by molar-refractivity contribution is 6.10. The molecule has 1 aliphatic heterocycles. The van der Waals surface area contributed by atoms with Gasteiger partial charge in [0.05, 0.1) is 11.3 Å². The lowest BCUT2D eigenvalue weighted by atomic mass is 10.1. The number of hydrogen-bond acceptors (Lipinski definition) is 5. The van der Waals surface area contributed by atoms with Crippen LogP contribution in [0.3, 0.4) is 0 Å². The van der Waals surface area contributed by atoms with E-state index in [1.807, 2.05) is 6.07 Å². The summed E-state index contributed by atoms with van der Waals surface area (Å²) < 4.78 is 0. The molecule has 3 aromatic carbocycles. The summed E-state index contributed by atoms with van der Waals surface area (Å²) in [6.45, 7) is 4.75. The molecule has 4 rings (SSSR count). The van der Waals surface area contributed by atoms with Gasteiger partial charge in [0, 0.05) is 56.2 Å². The fraction of sp³-hybridized carbons (Fsp3) is 0.231. The number of rotatable bonds is 7. The first-order chi connectivity index (χ1) is 16.0. The van der Waals surface area contributed by atoms with Crippen molar-refractivity contribution in [2.75, 3.05) is 54.8 Å². The van der Waals surface area contributed by atoms with Crippen molar-refractivity contribution in [1.82, 2.24) is 4.90 Å². The van der Waals surface area contributed by atoms with E-state index in [0.717, 1.165) is 26.2 Å². The number of benzene rings is 3. The number of anilines is 3. The predicted molar refractivity (Wildman–Crippen MR) is 133 cm³/mol. The molecule has 7 heteroatoms. The molecule has 1 aliphatic rings. The number of amides is 2. The van der Waals surface area contributed by atoms with Gasteiger partial charge in [0.25, 0.3) is 11.8 Å². The summed E-state index contributed by atoms with van der Waals surface area (Å²) in [5.74, 6) is -0.772. The van der Waals surface area contributed by atoms with Crippen LogP contribution in [0.15, 0.2) is 78.9 Å². The molecule has 0 saturated carbocycles. The van der Waals surface area contributed by atoms with Gasteiger partial charge in [-0.3, -0.25) is 14.5 Å². The molecule has 4 N–H and O–H groups in total. The molecule has 0 bridgehead atoms. The van der Waals surface area contributed by atoms with Crippen molar-refractivity contribution >= 4 is 28.9 Å². The highest BCUT2D eigenvalue weighted by Gasteiger charge is 2.24. The van der Waals surface area contributed by atoms with Crippen molar-refractivity contribution < 1.29 is 9.59 Å². The van der Waals surface area contributed by atoms with E-state index in [2.05, 4.69) is 34.1 Å². The molecule has 0 spiro atoms. The number of carbonyl (C=O) groups excluding carboxylic acids is 2. The van der Waals surface area contributed by atoms with E-state index in [1.54, 1.807) is 53.4 Å². The largest absolute Gasteiger partial charge is 0.399 e. The van der Waals surface area contributed by atoms with E-state index < -0.39 is 5.91 Å². The van der Waals surface area contributed by atoms with Crippen LogP contribution in [0.5, 0.6) is 0 Å². The lowest BCUT2D eigenvalue weighted by Crippen LogP contribution is -2.49. The smallest absolute Gasteiger partial charge is 0.258 e. The van der Waals surface area contributed by atoms with Crippen molar-refractivity contribution in [3.05, 3.63) is 90.0 Å². The third-order valence-corrected chi connectivity index (χ3v) is 5.97. The fourth-order valence-corrected chi connectivity index (χ4v) is 4.19. The zero-order valence-electron chi connectivity index (χ0n) is 18.6. The van der Waals surface area contributed by atoms with Crippen molar-refractivity contribution in [3.8, 4) is 0 Å². The van der Waals surface area contributed by atoms with Gasteiger partial charge in [-0.15, -0.1) is 0 Å². The zero-order chi connectivity index (χ0) is 23.2. The first-order valence-corrected chi connectivity index (χ1v) is 11.1. The second-order valence-corrected chi connectivity index (χ2v) is 8.13. The van der Waals surface area contributed by atoms with E-state index in [1.165, 1.54) is 5.69 Å². The molecular formula is C26H29N5O2. The Labute approximate surface area is 194 Å². The van der Waals surface area contributed by atoms with Crippen LogP contribution in [0.2, 0.25) is 0 Å². The van der Waals surface area contributed by atoms with Crippen LogP contribution < -0.4 is 21.3 Å². The highest BCUT2D eigenvalue weighted by atomic mass is 16.2. The Bertz CT molecular complexity index is 1110. The molecule has 1 fully saturated rings. The lowest BCUT2D eigenvalue weighted by molar-refractivity contribution is 0.0982. The molecular weight excluding hydrogens is 414 g/mol. The summed E-state index contributed by atoms with van der Waals surface area (Å²) in [7, 11) is 0. The molecule has 0 atom stereocenters. The van der Waals surface area contributed by atoms with Crippen LogP contribution in [-0.4, -0.2) is 56.0 Å². The van der Waals surface area contributed by atoms with E-state index in [-0.39, 0.29) is 5.91 Å². The first-order valence-electron chi connectivity index (χ1n) is 11.1. The van der Waals surface area contributed by atoms with Crippen LogP contribution in [0, 0.1) is 0 Å². The molecule has 0 unspecified atom stereocenters. The van der Waals surface area contributed by atoms with E-state index in [9.17, 15) is 9.59 Å². The van der Waals surface area contributed by atoms with Crippen LogP contribution in [0.1, 0.15) is 20.7 Å². The summed E-state index contributed by atoms with van der Waals surface area (Å²) >= 11 is 0. The summed E-state index contributed by atoms with van der Waals surface area (Å²) in [4.78, 5) is 31.9. The Hall–Kier alpha value is -3.84. The zero-order valence-corrected chi connectivity index (χ0v) is 18.6. The molecule has 0 aliphatic carbocycles. The van der Waals surface area contributed by atoms with Gasteiger partial charge in [-0.25, -0.2) is 0 Å². The maximum atomic E-state index is 13.5. The average Bonchev–Trinajstić information content (AvgIpc) is 2.85. The Morgan fingerprint density at radius 1 is 0.848 bits per heavy atom. The molecule has 0 aromatic heterocycles. The van der Waals surface area contributed by atoms with Gasteiger partial charge in [0.2, 0.25) is 0 Å². The van der Waals surface area contributed by atoms with E-state index in [4.69, 9.17) is 11.5 Å². The Morgan fingerprint density at radius 3 is 2.24 bits per heavy atom. The monoisotopic (exact) mass is 443 g/mol. The number of carbonyl (C=O) groups is 2. The molecule has 33 heavy (non-hydrogen) atoms. The lowest BCUT2D eigenvalue weighted by Gasteiger charge is -2.37. The minimum absolute atomic E-state index is 0.209. The fourth-order valence-electron chi connectivity index (χ4n) is 4.19. The highest BCUT2D eigenvalue weighted by Crippen LogP contribution is 2.23. The average molecular weight is 444 g/mol. The van der Waals surface area contributed by atoms with Gasteiger partial charge in [-0.1, -0.05) is 36.4 Å². The molecule has 1 heterocycles. The van der Waals surface area contributed by atoms with Gasteiger partial charge in [-0.2, -0.15) is 0 Å². The van der Waals surface area contributed by atoms with Crippen LogP contribution in [0.4, 0.5) is 17.1 Å². The predicted octanol–water partition coefficient (Wildman–Crippen LogP) is 2.84. The minimum atomic E-state index is -0.563. The summed E-state index contributed by atoms with van der Waals surface area (Å²) in [6.07, 6.45) is 0. The van der Waals surface area contributed by atoms with Crippen molar-refractivity contribution in [3.63, 3.8) is 0 Å². The van der Waals surface area contributed by atoms with Crippen LogP contribution in [0.25, 0.3) is 0 Å². The summed E-state index contributed by atoms with van der Waals surface area (Å²) in [6, 6.07) is 24.2. The van der Waals surface area contributed by atoms with Gasteiger partial charge in [0.1, 0.15) is 0 Å². The number of piperazine rings is 1. The standard InChI is InChI=1S/C26H29N5O2/c27-21-8-6-7-20(19-21)26(33)31(24-12-5-4-11-23(24)25(28)32)18-15-29-13-16-30(17-14-29)22-9-2-1-3-10-22/h1-12,19H,13-18,27H2,(H2,28,32). The SMILES string of the molecule is NC(=O)c1ccccc1N(CCN1CCN(c2ccccc2)CC1)C(=O)c1cccc(N)c1. The third kappa shape index (κ3) is 5.32.